The molecule has 12 heteroatoms. The molecule has 0 saturated carbocycles. The van der Waals surface area contributed by atoms with Crippen molar-refractivity contribution in [1.29, 1.82) is 0 Å². The van der Waals surface area contributed by atoms with Crippen LogP contribution in [-0.2, 0) is 20.1 Å². The van der Waals surface area contributed by atoms with Gasteiger partial charge in [0.05, 0.1) is 6.54 Å². The van der Waals surface area contributed by atoms with Gasteiger partial charge in [0.2, 0.25) is 0 Å². The number of hydrogen-bond acceptors (Lipinski definition) is 6. The molecule has 0 radical (unpaired) electrons. The minimum absolute atomic E-state index is 0.000292. The zero-order valence-corrected chi connectivity index (χ0v) is 20.8. The van der Waals surface area contributed by atoms with Crippen LogP contribution in [0.2, 0.25) is 5.02 Å². The second kappa shape index (κ2) is 11.4. The summed E-state index contributed by atoms with van der Waals surface area (Å²) in [4.78, 5) is 31.8. The second-order valence-corrected chi connectivity index (χ2v) is 8.58. The van der Waals surface area contributed by atoms with Gasteiger partial charge in [-0.1, -0.05) is 42.0 Å². The smallest absolute Gasteiger partial charge is 0.473 e. The summed E-state index contributed by atoms with van der Waals surface area (Å²) in [6.45, 7) is 8.76. The first-order valence-corrected chi connectivity index (χ1v) is 11.2. The lowest BCUT2D eigenvalue weighted by Crippen LogP contribution is -2.43. The first-order valence-electron chi connectivity index (χ1n) is 10.8. The first kappa shape index (κ1) is 27.6. The predicted octanol–water partition coefficient (Wildman–Crippen LogP) is 5.05. The average Bonchev–Trinajstić information content (AvgIpc) is 2.82. The number of benzene rings is 2. The molecule has 1 aromatic heterocycles. The highest BCUT2D eigenvalue weighted by Crippen LogP contribution is 2.28. The lowest BCUT2D eigenvalue weighted by Gasteiger charge is -2.27. The first-order chi connectivity index (χ1) is 17.4. The zero-order valence-electron chi connectivity index (χ0n) is 20.1. The summed E-state index contributed by atoms with van der Waals surface area (Å²) in [6, 6.07) is 11.8. The van der Waals surface area contributed by atoms with E-state index in [1.807, 2.05) is 0 Å². The van der Waals surface area contributed by atoms with Gasteiger partial charge in [-0.3, -0.25) is 13.9 Å². The Morgan fingerprint density at radius 2 is 1.78 bits per heavy atom. The third kappa shape index (κ3) is 7.04. The van der Waals surface area contributed by atoms with E-state index in [9.17, 15) is 22.8 Å². The Hall–Kier alpha value is -3.99. The van der Waals surface area contributed by atoms with Crippen LogP contribution in [-0.4, -0.2) is 28.9 Å². The number of aliphatic imine (C=N–C) groups is 1. The molecule has 0 spiro atoms. The number of aromatic nitrogens is 2. The van der Waals surface area contributed by atoms with Crippen molar-refractivity contribution in [3.63, 3.8) is 0 Å². The Balaban J connectivity index is 2.07. The van der Waals surface area contributed by atoms with Gasteiger partial charge >= 0.3 is 12.1 Å². The van der Waals surface area contributed by atoms with Gasteiger partial charge in [-0.25, -0.2) is 9.79 Å². The molecule has 1 heterocycles. The molecule has 0 unspecified atom stereocenters. The van der Waals surface area contributed by atoms with Crippen LogP contribution in [0.25, 0.3) is 0 Å². The van der Waals surface area contributed by atoms with Crippen LogP contribution >= 0.6 is 11.6 Å². The van der Waals surface area contributed by atoms with Crippen molar-refractivity contribution in [2.75, 3.05) is 11.6 Å². The maximum Gasteiger partial charge on any atom is 0.573 e. The summed E-state index contributed by atoms with van der Waals surface area (Å²) in [5.74, 6) is -0.406. The van der Waals surface area contributed by atoms with Gasteiger partial charge in [0.1, 0.15) is 17.2 Å². The van der Waals surface area contributed by atoms with E-state index < -0.39 is 23.4 Å². The fraction of sp³-hybridized carbons (Fsp3) is 0.240. The number of ether oxygens (including phenoxy) is 2. The number of nitrogens with zero attached hydrogens (tertiary/aromatic N) is 4. The molecule has 0 bridgehead atoms. The Kier molecular flexibility index (Phi) is 8.49. The minimum Gasteiger partial charge on any atom is -0.473 e. The number of allylic oxidation sites excluding steroid dienone is 1. The monoisotopic (exact) mass is 536 g/mol. The van der Waals surface area contributed by atoms with Crippen molar-refractivity contribution in [2.24, 2.45) is 12.0 Å². The SMILES string of the molecule is C=Nc1c(N(COc2cccc(OC(F)(F)F)c2)Cc2ccc(Cl)cc2)c(=O)n(CC(=C)C)c(=O)n1C. The number of halogens is 4. The predicted molar refractivity (Wildman–Crippen MR) is 136 cm³/mol. The maximum atomic E-state index is 13.5. The van der Waals surface area contributed by atoms with Crippen LogP contribution in [0.5, 0.6) is 11.5 Å². The van der Waals surface area contributed by atoms with E-state index in [0.29, 0.717) is 10.6 Å². The zero-order chi connectivity index (χ0) is 27.3. The number of hydrogen-bond donors (Lipinski definition) is 0. The molecule has 0 aliphatic carbocycles. The molecule has 0 saturated heterocycles. The van der Waals surface area contributed by atoms with Crippen LogP contribution in [0.15, 0.2) is 75.3 Å². The summed E-state index contributed by atoms with van der Waals surface area (Å²) >= 11 is 5.99. The van der Waals surface area contributed by atoms with E-state index in [1.165, 1.54) is 28.6 Å². The summed E-state index contributed by atoms with van der Waals surface area (Å²) < 4.78 is 49.8. The van der Waals surface area contributed by atoms with Crippen molar-refractivity contribution in [1.82, 2.24) is 9.13 Å². The van der Waals surface area contributed by atoms with Crippen molar-refractivity contribution in [3.8, 4) is 11.5 Å². The van der Waals surface area contributed by atoms with Crippen LogP contribution in [0.3, 0.4) is 0 Å². The topological polar surface area (TPSA) is 78.1 Å². The van der Waals surface area contributed by atoms with Crippen molar-refractivity contribution < 1.29 is 22.6 Å². The molecule has 0 aliphatic heterocycles. The third-order valence-electron chi connectivity index (χ3n) is 5.10. The van der Waals surface area contributed by atoms with Crippen LogP contribution in [0.1, 0.15) is 12.5 Å². The van der Waals surface area contributed by atoms with Gasteiger partial charge in [0.25, 0.3) is 5.56 Å². The standard InChI is InChI=1S/C25H24ClF3N4O4/c1-16(2)13-33-23(34)21(22(30-3)31(4)24(33)35)32(14-17-8-10-18(26)11-9-17)15-36-19-6-5-7-20(12-19)37-25(27,28)29/h5-12H,1,3,13-15H2,2,4H3. The van der Waals surface area contributed by atoms with Gasteiger partial charge in [-0.05, 0) is 43.5 Å². The highest BCUT2D eigenvalue weighted by molar-refractivity contribution is 6.30. The fourth-order valence-electron chi connectivity index (χ4n) is 3.52. The fourth-order valence-corrected chi connectivity index (χ4v) is 3.65. The number of rotatable bonds is 10. The number of anilines is 1. The maximum absolute atomic E-state index is 13.5. The van der Waals surface area contributed by atoms with E-state index in [-0.39, 0.29) is 37.1 Å². The normalized spacial score (nSPS) is 11.2. The quantitative estimate of drug-likeness (QED) is 0.206. The van der Waals surface area contributed by atoms with Crippen LogP contribution in [0, 0.1) is 0 Å². The molecule has 37 heavy (non-hydrogen) atoms. The Morgan fingerprint density at radius 1 is 1.14 bits per heavy atom. The highest BCUT2D eigenvalue weighted by Gasteiger charge is 2.31. The molecule has 2 aromatic carbocycles. The van der Waals surface area contributed by atoms with Crippen LogP contribution in [0.4, 0.5) is 24.7 Å². The second-order valence-electron chi connectivity index (χ2n) is 8.14. The van der Waals surface area contributed by atoms with Gasteiger partial charge in [0.15, 0.2) is 12.5 Å². The highest BCUT2D eigenvalue weighted by atomic mass is 35.5. The summed E-state index contributed by atoms with van der Waals surface area (Å²) in [5, 5.41) is 0.507. The lowest BCUT2D eigenvalue weighted by molar-refractivity contribution is -0.274. The minimum atomic E-state index is -4.87. The molecule has 3 aromatic rings. The van der Waals surface area contributed by atoms with E-state index in [2.05, 4.69) is 23.0 Å². The lowest BCUT2D eigenvalue weighted by atomic mass is 10.2. The molecular formula is C25H24ClF3N4O4. The molecule has 0 aliphatic rings. The summed E-state index contributed by atoms with van der Waals surface area (Å²) in [6.07, 6.45) is -4.87. The van der Waals surface area contributed by atoms with Crippen LogP contribution < -0.4 is 25.6 Å². The van der Waals surface area contributed by atoms with Gasteiger partial charge in [-0.2, -0.15) is 0 Å². The largest absolute Gasteiger partial charge is 0.573 e. The van der Waals surface area contributed by atoms with Gasteiger partial charge in [0, 0.05) is 24.7 Å². The average molecular weight is 537 g/mol. The molecular weight excluding hydrogens is 513 g/mol. The number of alkyl halides is 3. The van der Waals surface area contributed by atoms with Crippen molar-refractivity contribution in [3.05, 3.63) is 92.1 Å². The van der Waals surface area contributed by atoms with Crippen molar-refractivity contribution in [2.45, 2.75) is 26.4 Å². The summed E-state index contributed by atoms with van der Waals surface area (Å²) in [5.41, 5.74) is 0.0584. The molecule has 196 valence electrons. The molecule has 8 nitrogen and oxygen atoms in total. The molecule has 0 N–H and O–H groups in total. The summed E-state index contributed by atoms with van der Waals surface area (Å²) in [7, 11) is 1.45. The van der Waals surface area contributed by atoms with Gasteiger partial charge in [-0.15, -0.1) is 13.2 Å². The van der Waals surface area contributed by atoms with E-state index >= 15 is 0 Å². The van der Waals surface area contributed by atoms with E-state index in [0.717, 1.165) is 22.3 Å². The molecule has 3 rings (SSSR count). The van der Waals surface area contributed by atoms with E-state index in [1.54, 1.807) is 31.2 Å². The van der Waals surface area contributed by atoms with E-state index in [4.69, 9.17) is 16.3 Å². The molecule has 0 atom stereocenters. The van der Waals surface area contributed by atoms with Crippen molar-refractivity contribution >= 4 is 29.8 Å². The molecule has 0 fully saturated rings. The Labute approximate surface area is 215 Å². The Morgan fingerprint density at radius 3 is 2.38 bits per heavy atom. The third-order valence-corrected chi connectivity index (χ3v) is 5.35. The molecule has 0 amide bonds. The van der Waals surface area contributed by atoms with Gasteiger partial charge < -0.3 is 14.4 Å². The Bertz CT molecular complexity index is 1420.